The van der Waals surface area contributed by atoms with E-state index >= 15 is 0 Å². The standard InChI is InChI=1S/C17H28N2O2/c1-19(12-13-6-4-5-7-13)16(11-18)15-9-8-14(20-2)10-17(15)21-3/h8-10,13,16H,4-7,11-12,18H2,1-3H3. The summed E-state index contributed by atoms with van der Waals surface area (Å²) < 4.78 is 10.8. The summed E-state index contributed by atoms with van der Waals surface area (Å²) in [5.74, 6) is 2.47. The van der Waals surface area contributed by atoms with Gasteiger partial charge in [0.25, 0.3) is 0 Å². The highest BCUT2D eigenvalue weighted by molar-refractivity contribution is 5.42. The predicted octanol–water partition coefficient (Wildman–Crippen LogP) is 2.83. The maximum atomic E-state index is 6.05. The summed E-state index contributed by atoms with van der Waals surface area (Å²) in [6.07, 6.45) is 5.44. The van der Waals surface area contributed by atoms with E-state index in [1.54, 1.807) is 14.2 Å². The zero-order chi connectivity index (χ0) is 15.2. The minimum Gasteiger partial charge on any atom is -0.497 e. The zero-order valence-corrected chi connectivity index (χ0v) is 13.5. The highest BCUT2D eigenvalue weighted by atomic mass is 16.5. The van der Waals surface area contributed by atoms with Crippen molar-refractivity contribution >= 4 is 0 Å². The molecule has 0 radical (unpaired) electrons. The maximum Gasteiger partial charge on any atom is 0.127 e. The highest BCUT2D eigenvalue weighted by Crippen LogP contribution is 2.33. The van der Waals surface area contributed by atoms with Gasteiger partial charge in [0.2, 0.25) is 0 Å². The number of benzene rings is 1. The smallest absolute Gasteiger partial charge is 0.127 e. The minimum absolute atomic E-state index is 0.187. The molecule has 1 unspecified atom stereocenters. The first-order chi connectivity index (χ1) is 10.2. The van der Waals surface area contributed by atoms with E-state index < -0.39 is 0 Å². The van der Waals surface area contributed by atoms with Gasteiger partial charge in [0.1, 0.15) is 11.5 Å². The van der Waals surface area contributed by atoms with Gasteiger partial charge in [-0.3, -0.25) is 4.90 Å². The fourth-order valence-electron chi connectivity index (χ4n) is 3.37. The molecule has 0 amide bonds. The molecule has 118 valence electrons. The number of ether oxygens (including phenoxy) is 2. The quantitative estimate of drug-likeness (QED) is 0.839. The van der Waals surface area contributed by atoms with E-state index in [0.29, 0.717) is 6.54 Å². The highest BCUT2D eigenvalue weighted by Gasteiger charge is 2.24. The predicted molar refractivity (Wildman–Crippen MR) is 85.9 cm³/mol. The van der Waals surface area contributed by atoms with Crippen LogP contribution in [0, 0.1) is 5.92 Å². The number of methoxy groups -OCH3 is 2. The summed E-state index contributed by atoms with van der Waals surface area (Å²) in [5, 5.41) is 0. The Kier molecular flexibility index (Phi) is 5.88. The Morgan fingerprint density at radius 2 is 1.95 bits per heavy atom. The third kappa shape index (κ3) is 3.89. The lowest BCUT2D eigenvalue weighted by molar-refractivity contribution is 0.208. The van der Waals surface area contributed by atoms with E-state index in [4.69, 9.17) is 15.2 Å². The number of nitrogens with two attached hydrogens (primary N) is 1. The number of hydrogen-bond donors (Lipinski definition) is 1. The number of likely N-dealkylation sites (N-methyl/N-ethyl adjacent to an activating group) is 1. The van der Waals surface area contributed by atoms with Gasteiger partial charge in [-0.15, -0.1) is 0 Å². The molecule has 0 bridgehead atoms. The molecule has 1 atom stereocenters. The summed E-state index contributed by atoms with van der Waals surface area (Å²) in [6.45, 7) is 1.70. The lowest BCUT2D eigenvalue weighted by Gasteiger charge is -2.30. The van der Waals surface area contributed by atoms with Gasteiger partial charge in [-0.25, -0.2) is 0 Å². The molecule has 0 aromatic heterocycles. The Morgan fingerprint density at radius 1 is 1.24 bits per heavy atom. The third-order valence-corrected chi connectivity index (χ3v) is 4.58. The van der Waals surface area contributed by atoms with Crippen LogP contribution in [0.15, 0.2) is 18.2 Å². The van der Waals surface area contributed by atoms with Gasteiger partial charge in [-0.1, -0.05) is 18.9 Å². The van der Waals surface area contributed by atoms with Crippen LogP contribution in [0.2, 0.25) is 0 Å². The molecule has 1 aromatic rings. The molecule has 4 heteroatoms. The lowest BCUT2D eigenvalue weighted by Crippen LogP contribution is -2.34. The average Bonchev–Trinajstić information content (AvgIpc) is 3.01. The van der Waals surface area contributed by atoms with Crippen molar-refractivity contribution in [2.24, 2.45) is 11.7 Å². The molecule has 1 saturated carbocycles. The molecule has 1 aromatic carbocycles. The molecule has 1 aliphatic carbocycles. The molecule has 1 fully saturated rings. The molecule has 2 rings (SSSR count). The summed E-state index contributed by atoms with van der Waals surface area (Å²) in [7, 11) is 5.53. The van der Waals surface area contributed by atoms with Gasteiger partial charge in [0, 0.05) is 24.7 Å². The van der Waals surface area contributed by atoms with Crippen LogP contribution in [0.4, 0.5) is 0 Å². The first-order valence-corrected chi connectivity index (χ1v) is 7.81. The largest absolute Gasteiger partial charge is 0.497 e. The molecule has 0 heterocycles. The van der Waals surface area contributed by atoms with Gasteiger partial charge in [-0.05, 0) is 31.9 Å². The van der Waals surface area contributed by atoms with E-state index in [9.17, 15) is 0 Å². The molecule has 0 aliphatic heterocycles. The van der Waals surface area contributed by atoms with Crippen LogP contribution in [0.3, 0.4) is 0 Å². The van der Waals surface area contributed by atoms with E-state index in [-0.39, 0.29) is 6.04 Å². The van der Waals surface area contributed by atoms with Crippen LogP contribution in [0.5, 0.6) is 11.5 Å². The van der Waals surface area contributed by atoms with E-state index in [1.807, 2.05) is 12.1 Å². The second-order valence-electron chi connectivity index (χ2n) is 5.95. The van der Waals surface area contributed by atoms with E-state index in [0.717, 1.165) is 29.5 Å². The Labute approximate surface area is 128 Å². The Bertz CT molecular complexity index is 444. The summed E-state index contributed by atoms with van der Waals surface area (Å²) in [5.41, 5.74) is 7.19. The Balaban J connectivity index is 2.15. The summed E-state index contributed by atoms with van der Waals surface area (Å²) in [6, 6.07) is 6.16. The third-order valence-electron chi connectivity index (χ3n) is 4.58. The van der Waals surface area contributed by atoms with Crippen LogP contribution in [-0.4, -0.2) is 39.3 Å². The number of rotatable bonds is 7. The Hall–Kier alpha value is -1.26. The maximum absolute atomic E-state index is 6.05. The molecule has 0 saturated heterocycles. The van der Waals surface area contributed by atoms with Gasteiger partial charge in [-0.2, -0.15) is 0 Å². The zero-order valence-electron chi connectivity index (χ0n) is 13.5. The van der Waals surface area contributed by atoms with Gasteiger partial charge < -0.3 is 15.2 Å². The van der Waals surface area contributed by atoms with Crippen molar-refractivity contribution in [3.05, 3.63) is 23.8 Å². The summed E-state index contributed by atoms with van der Waals surface area (Å²) in [4.78, 5) is 2.38. The summed E-state index contributed by atoms with van der Waals surface area (Å²) >= 11 is 0. The fourth-order valence-corrected chi connectivity index (χ4v) is 3.37. The van der Waals surface area contributed by atoms with Gasteiger partial charge in [0.15, 0.2) is 0 Å². The van der Waals surface area contributed by atoms with Crippen LogP contribution in [0.1, 0.15) is 37.3 Å². The minimum atomic E-state index is 0.187. The first-order valence-electron chi connectivity index (χ1n) is 7.81. The fraction of sp³-hybridized carbons (Fsp3) is 0.647. The van der Waals surface area contributed by atoms with E-state index in [2.05, 4.69) is 18.0 Å². The van der Waals surface area contributed by atoms with Crippen LogP contribution < -0.4 is 15.2 Å². The normalized spacial score (nSPS) is 17.2. The van der Waals surface area contributed by atoms with Crippen molar-refractivity contribution in [1.82, 2.24) is 4.90 Å². The lowest BCUT2D eigenvalue weighted by atomic mass is 10.0. The molecule has 2 N–H and O–H groups in total. The molecule has 21 heavy (non-hydrogen) atoms. The topological polar surface area (TPSA) is 47.7 Å². The number of hydrogen-bond acceptors (Lipinski definition) is 4. The molecule has 4 nitrogen and oxygen atoms in total. The molecular formula is C17H28N2O2. The SMILES string of the molecule is COc1ccc(C(CN)N(C)CC2CCCC2)c(OC)c1. The molecule has 0 spiro atoms. The second kappa shape index (κ2) is 7.66. The van der Waals surface area contributed by atoms with Crippen LogP contribution in [0.25, 0.3) is 0 Å². The van der Waals surface area contributed by atoms with Crippen molar-refractivity contribution in [2.75, 3.05) is 34.4 Å². The van der Waals surface area contributed by atoms with Gasteiger partial charge in [0.05, 0.1) is 20.3 Å². The van der Waals surface area contributed by atoms with Crippen molar-refractivity contribution in [2.45, 2.75) is 31.7 Å². The first kappa shape index (κ1) is 16.1. The van der Waals surface area contributed by atoms with Crippen LogP contribution >= 0.6 is 0 Å². The molecular weight excluding hydrogens is 264 g/mol. The van der Waals surface area contributed by atoms with Gasteiger partial charge >= 0.3 is 0 Å². The van der Waals surface area contributed by atoms with Crippen LogP contribution in [-0.2, 0) is 0 Å². The van der Waals surface area contributed by atoms with Crippen molar-refractivity contribution in [3.8, 4) is 11.5 Å². The monoisotopic (exact) mass is 292 g/mol. The average molecular weight is 292 g/mol. The Morgan fingerprint density at radius 3 is 2.52 bits per heavy atom. The second-order valence-corrected chi connectivity index (χ2v) is 5.95. The van der Waals surface area contributed by atoms with Crippen molar-refractivity contribution < 1.29 is 9.47 Å². The van der Waals surface area contributed by atoms with E-state index in [1.165, 1.54) is 25.7 Å². The molecule has 1 aliphatic rings. The van der Waals surface area contributed by atoms with Crippen molar-refractivity contribution in [1.29, 1.82) is 0 Å². The van der Waals surface area contributed by atoms with Crippen molar-refractivity contribution in [3.63, 3.8) is 0 Å². The number of nitrogens with zero attached hydrogens (tertiary/aromatic N) is 1.